The number of nitrogens with zero attached hydrogens (tertiary/aromatic N) is 3. The van der Waals surface area contributed by atoms with E-state index in [1.54, 1.807) is 23.5 Å². The van der Waals surface area contributed by atoms with Gasteiger partial charge >= 0.3 is 0 Å². The second kappa shape index (κ2) is 10.0. The van der Waals surface area contributed by atoms with Gasteiger partial charge in [0, 0.05) is 38.1 Å². The molecule has 0 aliphatic carbocycles. The number of aryl methyl sites for hydroxylation is 1. The number of halogens is 2. The number of amides is 2. The Morgan fingerprint density at radius 1 is 1.28 bits per heavy atom. The molecule has 2 heterocycles. The zero-order valence-electron chi connectivity index (χ0n) is 15.8. The van der Waals surface area contributed by atoms with Gasteiger partial charge in [0.1, 0.15) is 0 Å². The largest absolute Gasteiger partial charge is 0.377 e. The molecule has 7 nitrogen and oxygen atoms in total. The van der Waals surface area contributed by atoms with E-state index in [1.165, 1.54) is 12.1 Å². The summed E-state index contributed by atoms with van der Waals surface area (Å²) in [6.07, 6.45) is 6.03. The van der Waals surface area contributed by atoms with E-state index in [1.807, 2.05) is 0 Å². The molecular weight excluding hydrogens is 382 g/mol. The van der Waals surface area contributed by atoms with Crippen molar-refractivity contribution in [2.75, 3.05) is 26.3 Å². The molecule has 1 aliphatic heterocycles. The van der Waals surface area contributed by atoms with Crippen molar-refractivity contribution in [1.29, 1.82) is 0 Å². The summed E-state index contributed by atoms with van der Waals surface area (Å²) in [4.78, 5) is 34.6. The van der Waals surface area contributed by atoms with E-state index >= 15 is 0 Å². The number of rotatable bonds is 7. The number of carbonyl (C=O) groups excluding carboxylic acids is 2. The van der Waals surface area contributed by atoms with Crippen LogP contribution in [0.3, 0.4) is 0 Å². The van der Waals surface area contributed by atoms with Gasteiger partial charge in [-0.1, -0.05) is 6.07 Å². The molecule has 9 heteroatoms. The van der Waals surface area contributed by atoms with Crippen LogP contribution in [0.1, 0.15) is 28.9 Å². The molecule has 29 heavy (non-hydrogen) atoms. The number of ether oxygens (including phenoxy) is 1. The first-order valence-electron chi connectivity index (χ1n) is 9.40. The van der Waals surface area contributed by atoms with Crippen LogP contribution in [0.25, 0.3) is 0 Å². The number of benzene rings is 1. The number of hydrogen-bond donors (Lipinski definition) is 1. The predicted octanol–water partition coefficient (Wildman–Crippen LogP) is 1.73. The lowest BCUT2D eigenvalue weighted by Gasteiger charge is -2.36. The Kier molecular flexibility index (Phi) is 7.18. The number of hydrogen-bond acceptors (Lipinski definition) is 5. The minimum absolute atomic E-state index is 0.0218. The van der Waals surface area contributed by atoms with Gasteiger partial charge in [-0.15, -0.1) is 0 Å². The highest BCUT2D eigenvalue weighted by atomic mass is 19.2. The molecular formula is C20H22F2N4O3. The quantitative estimate of drug-likeness (QED) is 0.760. The highest BCUT2D eigenvalue weighted by Gasteiger charge is 2.27. The average Bonchev–Trinajstić information content (AvgIpc) is 2.75. The minimum atomic E-state index is -1.17. The van der Waals surface area contributed by atoms with Gasteiger partial charge in [-0.2, -0.15) is 0 Å². The van der Waals surface area contributed by atoms with Crippen LogP contribution in [0.4, 0.5) is 8.78 Å². The molecule has 1 saturated heterocycles. The average molecular weight is 404 g/mol. The van der Waals surface area contributed by atoms with Gasteiger partial charge in [0.25, 0.3) is 5.91 Å². The highest BCUT2D eigenvalue weighted by molar-refractivity contribution is 5.94. The maximum Gasteiger partial charge on any atom is 0.254 e. The Labute approximate surface area is 167 Å². The monoisotopic (exact) mass is 404 g/mol. The highest BCUT2D eigenvalue weighted by Crippen LogP contribution is 2.14. The summed E-state index contributed by atoms with van der Waals surface area (Å²) >= 11 is 0. The summed E-state index contributed by atoms with van der Waals surface area (Å²) in [7, 11) is 0. The molecule has 1 atom stereocenters. The van der Waals surface area contributed by atoms with E-state index in [-0.39, 0.29) is 24.1 Å². The van der Waals surface area contributed by atoms with Crippen molar-refractivity contribution >= 4 is 11.8 Å². The summed E-state index contributed by atoms with van der Waals surface area (Å²) in [5, 5.41) is 2.57. The lowest BCUT2D eigenvalue weighted by atomic mass is 10.1. The Bertz CT molecular complexity index is 851. The lowest BCUT2D eigenvalue weighted by molar-refractivity contribution is -0.140. The van der Waals surface area contributed by atoms with Gasteiger partial charge < -0.3 is 15.0 Å². The summed E-state index contributed by atoms with van der Waals surface area (Å²) in [5.41, 5.74) is 0.400. The van der Waals surface area contributed by atoms with Crippen molar-refractivity contribution in [3.63, 3.8) is 0 Å². The molecule has 1 aromatic heterocycles. The number of aromatic nitrogens is 2. The molecule has 154 valence electrons. The van der Waals surface area contributed by atoms with Gasteiger partial charge in [0.2, 0.25) is 5.91 Å². The number of morpholine rings is 1. The van der Waals surface area contributed by atoms with Gasteiger partial charge in [-0.3, -0.25) is 19.6 Å². The Hall–Kier alpha value is -2.94. The SMILES string of the molecule is O=C(NCCC1COCCN1C(=O)CCc1cnccn1)c1cccc(F)c1F. The molecule has 3 rings (SSSR count). The summed E-state index contributed by atoms with van der Waals surface area (Å²) in [5.74, 6) is -2.96. The zero-order chi connectivity index (χ0) is 20.6. The van der Waals surface area contributed by atoms with Crippen molar-refractivity contribution in [3.05, 3.63) is 59.7 Å². The van der Waals surface area contributed by atoms with Crippen LogP contribution in [0.2, 0.25) is 0 Å². The minimum Gasteiger partial charge on any atom is -0.377 e. The molecule has 1 aliphatic rings. The standard InChI is InChI=1S/C20H22F2N4O3/c21-17-3-1-2-16(19(17)22)20(28)25-7-6-15-13-29-11-10-26(15)18(27)5-4-14-12-23-8-9-24-14/h1-3,8-9,12,15H,4-7,10-11,13H2,(H,25,28). The molecule has 2 aromatic rings. The summed E-state index contributed by atoms with van der Waals surface area (Å²) < 4.78 is 32.4. The fraction of sp³-hybridized carbons (Fsp3) is 0.400. The van der Waals surface area contributed by atoms with E-state index in [0.29, 0.717) is 39.0 Å². The molecule has 1 fully saturated rings. The first kappa shape index (κ1) is 20.8. The van der Waals surface area contributed by atoms with Gasteiger partial charge in [-0.05, 0) is 25.0 Å². The fourth-order valence-electron chi connectivity index (χ4n) is 3.19. The third kappa shape index (κ3) is 5.54. The topological polar surface area (TPSA) is 84.4 Å². The van der Waals surface area contributed by atoms with Crippen LogP contribution in [-0.4, -0.2) is 59.0 Å². The zero-order valence-corrected chi connectivity index (χ0v) is 15.8. The van der Waals surface area contributed by atoms with E-state index in [0.717, 1.165) is 11.8 Å². The smallest absolute Gasteiger partial charge is 0.254 e. The van der Waals surface area contributed by atoms with Gasteiger partial charge in [-0.25, -0.2) is 8.78 Å². The van der Waals surface area contributed by atoms with Crippen LogP contribution >= 0.6 is 0 Å². The van der Waals surface area contributed by atoms with Gasteiger partial charge in [0.05, 0.1) is 30.5 Å². The van der Waals surface area contributed by atoms with Gasteiger partial charge in [0.15, 0.2) is 11.6 Å². The van der Waals surface area contributed by atoms with Crippen molar-refractivity contribution in [1.82, 2.24) is 20.2 Å². The third-order valence-electron chi connectivity index (χ3n) is 4.72. The molecule has 1 N–H and O–H groups in total. The number of carbonyl (C=O) groups is 2. The lowest BCUT2D eigenvalue weighted by Crippen LogP contribution is -2.50. The Morgan fingerprint density at radius 2 is 2.14 bits per heavy atom. The Balaban J connectivity index is 1.51. The maximum atomic E-state index is 13.7. The Morgan fingerprint density at radius 3 is 2.93 bits per heavy atom. The molecule has 1 aromatic carbocycles. The predicted molar refractivity (Wildman–Crippen MR) is 100.0 cm³/mol. The van der Waals surface area contributed by atoms with Crippen LogP contribution in [-0.2, 0) is 16.0 Å². The second-order valence-electron chi connectivity index (χ2n) is 6.66. The molecule has 0 bridgehead atoms. The van der Waals surface area contributed by atoms with Crippen LogP contribution in [0.5, 0.6) is 0 Å². The van der Waals surface area contributed by atoms with Crippen molar-refractivity contribution in [3.8, 4) is 0 Å². The first-order chi connectivity index (χ1) is 14.1. The summed E-state index contributed by atoms with van der Waals surface area (Å²) in [6.45, 7) is 1.49. The molecule has 0 radical (unpaired) electrons. The van der Waals surface area contributed by atoms with E-state index in [9.17, 15) is 18.4 Å². The summed E-state index contributed by atoms with van der Waals surface area (Å²) in [6, 6.07) is 3.26. The van der Waals surface area contributed by atoms with Crippen molar-refractivity contribution in [2.24, 2.45) is 0 Å². The van der Waals surface area contributed by atoms with E-state index < -0.39 is 17.5 Å². The molecule has 1 unspecified atom stereocenters. The molecule has 0 saturated carbocycles. The van der Waals surface area contributed by atoms with E-state index in [2.05, 4.69) is 15.3 Å². The fourth-order valence-corrected chi connectivity index (χ4v) is 3.19. The third-order valence-corrected chi connectivity index (χ3v) is 4.72. The molecule has 0 spiro atoms. The van der Waals surface area contributed by atoms with Crippen molar-refractivity contribution < 1.29 is 23.1 Å². The van der Waals surface area contributed by atoms with Crippen molar-refractivity contribution in [2.45, 2.75) is 25.3 Å². The van der Waals surface area contributed by atoms with Crippen LogP contribution in [0, 0.1) is 11.6 Å². The first-order valence-corrected chi connectivity index (χ1v) is 9.40. The number of nitrogens with one attached hydrogen (secondary N) is 1. The van der Waals surface area contributed by atoms with Crippen LogP contribution < -0.4 is 5.32 Å². The normalized spacial score (nSPS) is 16.5. The molecule has 2 amide bonds. The maximum absolute atomic E-state index is 13.7. The van der Waals surface area contributed by atoms with E-state index in [4.69, 9.17) is 4.74 Å². The second-order valence-corrected chi connectivity index (χ2v) is 6.66. The van der Waals surface area contributed by atoms with Crippen LogP contribution in [0.15, 0.2) is 36.8 Å².